The SMILES string of the molecule is Cc1cc(-c2ccc(Oc3ccc(-c4cc(C)[nH]n4)cc3)cc2)n[nH]1. The number of nitrogens with one attached hydrogen (secondary N) is 2. The maximum Gasteiger partial charge on any atom is 0.127 e. The van der Waals surface area contributed by atoms with Gasteiger partial charge in [0.1, 0.15) is 11.5 Å². The van der Waals surface area contributed by atoms with Crippen LogP contribution in [0.2, 0.25) is 0 Å². The van der Waals surface area contributed by atoms with E-state index >= 15 is 0 Å². The molecule has 4 rings (SSSR count). The van der Waals surface area contributed by atoms with Gasteiger partial charge in [-0.25, -0.2) is 0 Å². The Labute approximate surface area is 145 Å². The lowest BCUT2D eigenvalue weighted by atomic mass is 10.1. The minimum absolute atomic E-state index is 0.791. The quantitative estimate of drug-likeness (QED) is 0.560. The monoisotopic (exact) mass is 330 g/mol. The fourth-order valence-electron chi connectivity index (χ4n) is 2.66. The molecule has 0 saturated carbocycles. The van der Waals surface area contributed by atoms with Gasteiger partial charge in [0.2, 0.25) is 0 Å². The molecule has 0 unspecified atom stereocenters. The lowest BCUT2D eigenvalue weighted by Crippen LogP contribution is -1.85. The summed E-state index contributed by atoms with van der Waals surface area (Å²) in [6, 6.07) is 19.9. The van der Waals surface area contributed by atoms with Crippen LogP contribution in [0.25, 0.3) is 22.5 Å². The minimum Gasteiger partial charge on any atom is -0.457 e. The van der Waals surface area contributed by atoms with Crippen LogP contribution in [-0.2, 0) is 0 Å². The molecule has 0 bridgehead atoms. The number of H-pyrrole nitrogens is 2. The van der Waals surface area contributed by atoms with Crippen LogP contribution in [0.15, 0.2) is 60.7 Å². The molecule has 0 fully saturated rings. The molecule has 25 heavy (non-hydrogen) atoms. The topological polar surface area (TPSA) is 66.6 Å². The molecule has 5 heteroatoms. The van der Waals surface area contributed by atoms with Gasteiger partial charge in [-0.05, 0) is 74.5 Å². The zero-order chi connectivity index (χ0) is 17.2. The van der Waals surface area contributed by atoms with Crippen LogP contribution in [0.3, 0.4) is 0 Å². The molecule has 0 aliphatic rings. The predicted molar refractivity (Wildman–Crippen MR) is 97.6 cm³/mol. The number of aromatic amines is 2. The molecular weight excluding hydrogens is 312 g/mol. The van der Waals surface area contributed by atoms with E-state index in [9.17, 15) is 0 Å². The third-order valence-corrected chi connectivity index (χ3v) is 3.95. The molecule has 0 spiro atoms. The normalized spacial score (nSPS) is 10.8. The lowest BCUT2D eigenvalue weighted by molar-refractivity contribution is 0.483. The Bertz CT molecular complexity index is 899. The first-order chi connectivity index (χ1) is 12.2. The summed E-state index contributed by atoms with van der Waals surface area (Å²) in [6.07, 6.45) is 0. The number of hydrogen-bond donors (Lipinski definition) is 2. The van der Waals surface area contributed by atoms with Gasteiger partial charge in [-0.1, -0.05) is 0 Å². The van der Waals surface area contributed by atoms with Gasteiger partial charge in [-0.2, -0.15) is 10.2 Å². The van der Waals surface area contributed by atoms with Crippen LogP contribution in [0.5, 0.6) is 11.5 Å². The number of hydrogen-bond acceptors (Lipinski definition) is 3. The van der Waals surface area contributed by atoms with E-state index in [1.54, 1.807) is 0 Å². The molecule has 0 saturated heterocycles. The van der Waals surface area contributed by atoms with E-state index in [-0.39, 0.29) is 0 Å². The van der Waals surface area contributed by atoms with Gasteiger partial charge in [0.15, 0.2) is 0 Å². The first-order valence-electron chi connectivity index (χ1n) is 8.10. The Balaban J connectivity index is 1.48. The van der Waals surface area contributed by atoms with Crippen molar-refractivity contribution in [3.05, 3.63) is 72.1 Å². The number of ether oxygens (including phenoxy) is 1. The standard InChI is InChI=1S/C20H18N4O/c1-13-11-19(23-21-13)15-3-7-17(8-4-15)25-18-9-5-16(6-10-18)20-12-14(2)22-24-20/h3-12H,1-2H3,(H,21,23)(H,22,24). The average molecular weight is 330 g/mol. The third kappa shape index (κ3) is 3.30. The van der Waals surface area contributed by atoms with E-state index in [2.05, 4.69) is 20.4 Å². The molecular formula is C20H18N4O. The fourth-order valence-corrected chi connectivity index (χ4v) is 2.66. The van der Waals surface area contributed by atoms with Crippen molar-refractivity contribution in [1.29, 1.82) is 0 Å². The Hall–Kier alpha value is -3.34. The Morgan fingerprint density at radius 1 is 0.640 bits per heavy atom. The Kier molecular flexibility index (Phi) is 3.82. The molecule has 2 aromatic heterocycles. The second kappa shape index (κ2) is 6.28. The summed E-state index contributed by atoms with van der Waals surface area (Å²) in [5.74, 6) is 1.58. The lowest BCUT2D eigenvalue weighted by Gasteiger charge is -2.07. The molecule has 5 nitrogen and oxygen atoms in total. The molecule has 0 atom stereocenters. The molecule has 4 aromatic rings. The van der Waals surface area contributed by atoms with Gasteiger partial charge in [-0.15, -0.1) is 0 Å². The molecule has 0 aliphatic heterocycles. The van der Waals surface area contributed by atoms with Crippen LogP contribution >= 0.6 is 0 Å². The summed E-state index contributed by atoms with van der Waals surface area (Å²) >= 11 is 0. The smallest absolute Gasteiger partial charge is 0.127 e. The number of nitrogens with zero attached hydrogens (tertiary/aromatic N) is 2. The van der Waals surface area contributed by atoms with Crippen LogP contribution in [0.4, 0.5) is 0 Å². The summed E-state index contributed by atoms with van der Waals surface area (Å²) in [4.78, 5) is 0. The number of rotatable bonds is 4. The summed E-state index contributed by atoms with van der Waals surface area (Å²) in [5.41, 5.74) is 6.07. The highest BCUT2D eigenvalue weighted by molar-refractivity contribution is 5.61. The molecule has 0 aliphatic carbocycles. The Morgan fingerprint density at radius 2 is 1.04 bits per heavy atom. The minimum atomic E-state index is 0.791. The van der Waals surface area contributed by atoms with Gasteiger partial charge in [-0.3, -0.25) is 10.2 Å². The van der Waals surface area contributed by atoms with Gasteiger partial charge in [0.25, 0.3) is 0 Å². The van der Waals surface area contributed by atoms with Crippen LogP contribution in [0, 0.1) is 13.8 Å². The van der Waals surface area contributed by atoms with Crippen molar-refractivity contribution < 1.29 is 4.74 Å². The average Bonchev–Trinajstić information content (AvgIpc) is 3.25. The van der Waals surface area contributed by atoms with Crippen LogP contribution < -0.4 is 4.74 Å². The zero-order valence-corrected chi connectivity index (χ0v) is 14.1. The fraction of sp³-hybridized carbons (Fsp3) is 0.100. The van der Waals surface area contributed by atoms with Crippen molar-refractivity contribution in [2.24, 2.45) is 0 Å². The largest absolute Gasteiger partial charge is 0.457 e. The van der Waals surface area contributed by atoms with Crippen molar-refractivity contribution in [2.75, 3.05) is 0 Å². The highest BCUT2D eigenvalue weighted by Crippen LogP contribution is 2.27. The number of aromatic nitrogens is 4. The maximum atomic E-state index is 5.91. The van der Waals surface area contributed by atoms with Crippen molar-refractivity contribution in [2.45, 2.75) is 13.8 Å². The van der Waals surface area contributed by atoms with Crippen LogP contribution in [-0.4, -0.2) is 20.4 Å². The molecule has 124 valence electrons. The van der Waals surface area contributed by atoms with E-state index in [0.29, 0.717) is 0 Å². The first kappa shape index (κ1) is 15.2. The molecule has 2 N–H and O–H groups in total. The van der Waals surface area contributed by atoms with Gasteiger partial charge in [0.05, 0.1) is 11.4 Å². The summed E-state index contributed by atoms with van der Waals surface area (Å²) < 4.78 is 5.91. The van der Waals surface area contributed by atoms with Gasteiger partial charge >= 0.3 is 0 Å². The number of benzene rings is 2. The summed E-state index contributed by atoms with van der Waals surface area (Å²) in [6.45, 7) is 3.98. The van der Waals surface area contributed by atoms with E-state index in [0.717, 1.165) is 45.4 Å². The third-order valence-electron chi connectivity index (χ3n) is 3.95. The van der Waals surface area contributed by atoms with Crippen molar-refractivity contribution in [1.82, 2.24) is 20.4 Å². The second-order valence-electron chi connectivity index (χ2n) is 6.02. The highest BCUT2D eigenvalue weighted by Gasteiger charge is 2.05. The van der Waals surface area contributed by atoms with E-state index < -0.39 is 0 Å². The number of aryl methyl sites for hydroxylation is 2. The van der Waals surface area contributed by atoms with E-state index in [4.69, 9.17) is 4.74 Å². The van der Waals surface area contributed by atoms with Crippen molar-refractivity contribution in [3.8, 4) is 34.0 Å². The molecule has 0 amide bonds. The van der Waals surface area contributed by atoms with Crippen molar-refractivity contribution >= 4 is 0 Å². The van der Waals surface area contributed by atoms with Gasteiger partial charge < -0.3 is 4.74 Å². The van der Waals surface area contributed by atoms with E-state index in [1.807, 2.05) is 74.5 Å². The maximum absolute atomic E-state index is 5.91. The molecule has 2 heterocycles. The molecule has 2 aromatic carbocycles. The van der Waals surface area contributed by atoms with Crippen LogP contribution in [0.1, 0.15) is 11.4 Å². The Morgan fingerprint density at radius 3 is 1.36 bits per heavy atom. The van der Waals surface area contributed by atoms with E-state index in [1.165, 1.54) is 0 Å². The van der Waals surface area contributed by atoms with Crippen molar-refractivity contribution in [3.63, 3.8) is 0 Å². The van der Waals surface area contributed by atoms with Gasteiger partial charge in [0, 0.05) is 22.5 Å². The summed E-state index contributed by atoms with van der Waals surface area (Å²) in [7, 11) is 0. The summed E-state index contributed by atoms with van der Waals surface area (Å²) in [5, 5.41) is 14.4. The predicted octanol–water partition coefficient (Wildman–Crippen LogP) is 4.88. The zero-order valence-electron chi connectivity index (χ0n) is 14.1. The highest BCUT2D eigenvalue weighted by atomic mass is 16.5. The molecule has 0 radical (unpaired) electrons. The first-order valence-corrected chi connectivity index (χ1v) is 8.10. The second-order valence-corrected chi connectivity index (χ2v) is 6.02.